The lowest BCUT2D eigenvalue weighted by molar-refractivity contribution is 0.122. The average molecular weight is 424 g/mol. The topological polar surface area (TPSA) is 74.4 Å². The van der Waals surface area contributed by atoms with Gasteiger partial charge in [0.1, 0.15) is 11.0 Å². The van der Waals surface area contributed by atoms with Gasteiger partial charge < -0.3 is 14.6 Å². The van der Waals surface area contributed by atoms with E-state index in [1.54, 1.807) is 11.3 Å². The van der Waals surface area contributed by atoms with E-state index in [0.29, 0.717) is 18.2 Å². The van der Waals surface area contributed by atoms with Crippen LogP contribution in [0, 0.1) is 0 Å². The van der Waals surface area contributed by atoms with Crippen LogP contribution in [0.1, 0.15) is 42.7 Å². The van der Waals surface area contributed by atoms with Gasteiger partial charge >= 0.3 is 0 Å². The quantitative estimate of drug-likeness (QED) is 0.817. The number of nitrogens with one attached hydrogen (secondary N) is 1. The summed E-state index contributed by atoms with van der Waals surface area (Å²) in [7, 11) is 0. The molecule has 0 saturated carbocycles. The van der Waals surface area contributed by atoms with Crippen molar-refractivity contribution < 1.29 is 4.74 Å². The molecule has 152 valence electrons. The Labute approximate surface area is 173 Å². The molecule has 2 aromatic rings. The summed E-state index contributed by atoms with van der Waals surface area (Å²) < 4.78 is 5.41. The van der Waals surface area contributed by atoms with Gasteiger partial charge in [0.25, 0.3) is 5.56 Å². The van der Waals surface area contributed by atoms with Crippen molar-refractivity contribution >= 4 is 28.1 Å². The SMILES string of the molecule is CC(C)(C)c1nc2c(c(=O)[nH]1)CN(Cc1sc(N3CCOCC3)nc1Cl)CC2. The fraction of sp³-hybridized carbons (Fsp3) is 0.632. The minimum absolute atomic E-state index is 0.0240. The van der Waals surface area contributed by atoms with Crippen LogP contribution in [0.4, 0.5) is 5.13 Å². The van der Waals surface area contributed by atoms with Crippen LogP contribution < -0.4 is 10.5 Å². The number of aromatic nitrogens is 3. The van der Waals surface area contributed by atoms with E-state index in [-0.39, 0.29) is 11.0 Å². The molecule has 0 radical (unpaired) electrons. The van der Waals surface area contributed by atoms with Crippen molar-refractivity contribution in [2.24, 2.45) is 0 Å². The van der Waals surface area contributed by atoms with E-state index >= 15 is 0 Å². The summed E-state index contributed by atoms with van der Waals surface area (Å²) in [4.78, 5) is 30.4. The third-order valence-corrected chi connectivity index (χ3v) is 6.67. The number of nitrogens with zero attached hydrogens (tertiary/aromatic N) is 4. The van der Waals surface area contributed by atoms with E-state index in [2.05, 4.69) is 40.5 Å². The van der Waals surface area contributed by atoms with Gasteiger partial charge in [0.05, 0.1) is 29.3 Å². The largest absolute Gasteiger partial charge is 0.378 e. The highest BCUT2D eigenvalue weighted by atomic mass is 35.5. The Morgan fingerprint density at radius 1 is 1.21 bits per heavy atom. The maximum atomic E-state index is 12.6. The maximum absolute atomic E-state index is 12.6. The Bertz CT molecular complexity index is 914. The lowest BCUT2D eigenvalue weighted by Gasteiger charge is -2.28. The summed E-state index contributed by atoms with van der Waals surface area (Å²) in [6.45, 7) is 11.5. The summed E-state index contributed by atoms with van der Waals surface area (Å²) in [6, 6.07) is 0. The molecule has 2 aromatic heterocycles. The third kappa shape index (κ3) is 4.10. The van der Waals surface area contributed by atoms with Crippen molar-refractivity contribution in [2.45, 2.75) is 45.7 Å². The van der Waals surface area contributed by atoms with Gasteiger partial charge in [-0.05, 0) is 0 Å². The van der Waals surface area contributed by atoms with Crippen LogP contribution in [0.3, 0.4) is 0 Å². The van der Waals surface area contributed by atoms with Crippen LogP contribution in [0.15, 0.2) is 4.79 Å². The zero-order valence-corrected chi connectivity index (χ0v) is 18.1. The molecule has 0 unspecified atom stereocenters. The van der Waals surface area contributed by atoms with Gasteiger partial charge in [-0.1, -0.05) is 43.7 Å². The molecule has 1 N–H and O–H groups in total. The van der Waals surface area contributed by atoms with Gasteiger partial charge in [-0.3, -0.25) is 9.69 Å². The number of anilines is 1. The van der Waals surface area contributed by atoms with Crippen LogP contribution in [-0.2, 0) is 29.7 Å². The van der Waals surface area contributed by atoms with Crippen molar-refractivity contribution in [3.05, 3.63) is 37.5 Å². The number of halogens is 1. The van der Waals surface area contributed by atoms with Gasteiger partial charge in [0.2, 0.25) is 0 Å². The standard InChI is InChI=1S/C19H26ClN5O2S/c1-19(2,3)17-21-13-4-5-24(10-12(13)16(26)23-17)11-14-15(20)22-18(28-14)25-6-8-27-9-7-25/h4-11H2,1-3H3,(H,21,23,26). The number of morpholine rings is 1. The molecule has 0 amide bonds. The second-order valence-corrected chi connectivity index (χ2v) is 9.78. The number of ether oxygens (including phenoxy) is 1. The smallest absolute Gasteiger partial charge is 0.255 e. The Kier molecular flexibility index (Phi) is 5.48. The molecular formula is C19H26ClN5O2S. The first-order chi connectivity index (χ1) is 13.3. The fourth-order valence-electron chi connectivity index (χ4n) is 3.48. The van der Waals surface area contributed by atoms with Crippen LogP contribution in [0.5, 0.6) is 0 Å². The predicted molar refractivity (Wildman–Crippen MR) is 112 cm³/mol. The van der Waals surface area contributed by atoms with Crippen molar-refractivity contribution in [1.29, 1.82) is 0 Å². The minimum atomic E-state index is -0.169. The van der Waals surface area contributed by atoms with E-state index in [1.165, 1.54) is 0 Å². The van der Waals surface area contributed by atoms with Gasteiger partial charge in [-0.2, -0.15) is 0 Å². The number of hydrogen-bond acceptors (Lipinski definition) is 7. The Hall–Kier alpha value is -1.48. The molecule has 0 aromatic carbocycles. The average Bonchev–Trinajstić information content (AvgIpc) is 3.02. The Balaban J connectivity index is 1.50. The number of fused-ring (bicyclic) bond motifs is 1. The number of rotatable bonds is 3. The van der Waals surface area contributed by atoms with E-state index in [0.717, 1.165) is 66.4 Å². The number of H-pyrrole nitrogens is 1. The molecule has 0 spiro atoms. The molecule has 2 aliphatic heterocycles. The molecule has 1 saturated heterocycles. The molecule has 2 aliphatic rings. The second kappa shape index (κ2) is 7.74. The molecule has 7 nitrogen and oxygen atoms in total. The molecule has 4 heterocycles. The monoisotopic (exact) mass is 423 g/mol. The number of thiazole rings is 1. The van der Waals surface area contributed by atoms with E-state index < -0.39 is 0 Å². The van der Waals surface area contributed by atoms with Gasteiger partial charge in [0, 0.05) is 44.6 Å². The first kappa shape index (κ1) is 19.8. The number of aromatic amines is 1. The lowest BCUT2D eigenvalue weighted by atomic mass is 9.95. The molecule has 0 bridgehead atoms. The molecule has 4 rings (SSSR count). The second-order valence-electron chi connectivity index (χ2n) is 8.36. The molecule has 9 heteroatoms. The van der Waals surface area contributed by atoms with Crippen molar-refractivity contribution in [3.8, 4) is 0 Å². The van der Waals surface area contributed by atoms with Gasteiger partial charge in [0.15, 0.2) is 5.13 Å². The maximum Gasteiger partial charge on any atom is 0.255 e. The van der Waals surface area contributed by atoms with Gasteiger partial charge in [-0.25, -0.2) is 9.97 Å². The highest BCUT2D eigenvalue weighted by molar-refractivity contribution is 7.16. The predicted octanol–water partition coefficient (Wildman–Crippen LogP) is 2.57. The zero-order valence-electron chi connectivity index (χ0n) is 16.5. The highest BCUT2D eigenvalue weighted by Gasteiger charge is 2.26. The van der Waals surface area contributed by atoms with Crippen molar-refractivity contribution in [3.63, 3.8) is 0 Å². The first-order valence-electron chi connectivity index (χ1n) is 9.64. The summed E-state index contributed by atoms with van der Waals surface area (Å²) in [5.74, 6) is 0.755. The molecular weight excluding hydrogens is 398 g/mol. The summed E-state index contributed by atoms with van der Waals surface area (Å²) in [6.07, 6.45) is 0.773. The fourth-order valence-corrected chi connectivity index (χ4v) is 4.83. The van der Waals surface area contributed by atoms with Crippen LogP contribution in [0.25, 0.3) is 0 Å². The highest BCUT2D eigenvalue weighted by Crippen LogP contribution is 2.32. The van der Waals surface area contributed by atoms with Crippen LogP contribution >= 0.6 is 22.9 Å². The van der Waals surface area contributed by atoms with E-state index in [4.69, 9.17) is 21.3 Å². The lowest BCUT2D eigenvalue weighted by Crippen LogP contribution is -2.37. The Morgan fingerprint density at radius 2 is 1.96 bits per heavy atom. The first-order valence-corrected chi connectivity index (χ1v) is 10.8. The Morgan fingerprint density at radius 3 is 2.68 bits per heavy atom. The summed E-state index contributed by atoms with van der Waals surface area (Å²) in [5.41, 5.74) is 1.50. The molecule has 0 aliphatic carbocycles. The zero-order chi connectivity index (χ0) is 19.9. The van der Waals surface area contributed by atoms with E-state index in [9.17, 15) is 4.79 Å². The molecule has 1 fully saturated rings. The minimum Gasteiger partial charge on any atom is -0.378 e. The normalized spacial score (nSPS) is 18.4. The third-order valence-electron chi connectivity index (χ3n) is 5.15. The van der Waals surface area contributed by atoms with Crippen molar-refractivity contribution in [1.82, 2.24) is 19.9 Å². The van der Waals surface area contributed by atoms with Gasteiger partial charge in [-0.15, -0.1) is 0 Å². The van der Waals surface area contributed by atoms with Crippen LogP contribution in [-0.4, -0.2) is 52.7 Å². The van der Waals surface area contributed by atoms with Crippen molar-refractivity contribution in [2.75, 3.05) is 37.7 Å². The van der Waals surface area contributed by atoms with Crippen LogP contribution in [0.2, 0.25) is 5.15 Å². The summed E-state index contributed by atoms with van der Waals surface area (Å²) >= 11 is 8.06. The summed E-state index contributed by atoms with van der Waals surface area (Å²) in [5, 5.41) is 1.52. The molecule has 0 atom stereocenters. The van der Waals surface area contributed by atoms with E-state index in [1.807, 2.05) is 0 Å². The number of hydrogen-bond donors (Lipinski definition) is 1. The molecule has 28 heavy (non-hydrogen) atoms.